The first-order valence-corrected chi connectivity index (χ1v) is 13.8. The van der Waals surface area contributed by atoms with Crippen molar-refractivity contribution in [1.82, 2.24) is 14.7 Å². The average Bonchev–Trinajstić information content (AvgIpc) is 3.36. The lowest BCUT2D eigenvalue weighted by atomic mass is 9.86. The molecular weight excluding hydrogens is 503 g/mol. The van der Waals surface area contributed by atoms with Crippen molar-refractivity contribution in [1.29, 1.82) is 0 Å². The minimum atomic E-state index is -0.360. The molecule has 3 aromatic carbocycles. The van der Waals surface area contributed by atoms with Gasteiger partial charge in [-0.3, -0.25) is 9.59 Å². The number of benzene rings is 3. The number of nitrogens with one attached hydrogen (secondary N) is 1. The van der Waals surface area contributed by atoms with Crippen LogP contribution in [0.25, 0.3) is 16.9 Å². The van der Waals surface area contributed by atoms with E-state index in [0.29, 0.717) is 29.3 Å². The van der Waals surface area contributed by atoms with Crippen LogP contribution < -0.4 is 5.32 Å². The number of halogens is 1. The summed E-state index contributed by atoms with van der Waals surface area (Å²) in [6.07, 6.45) is 2.78. The summed E-state index contributed by atoms with van der Waals surface area (Å²) in [5.74, 6) is -0.435. The molecule has 0 atom stereocenters. The molecule has 4 rings (SSSR count). The number of hydrogen-bond donors (Lipinski definition) is 1. The predicted octanol–water partition coefficient (Wildman–Crippen LogP) is 7.25. The van der Waals surface area contributed by atoms with Crippen molar-refractivity contribution in [3.05, 3.63) is 102 Å². The normalized spacial score (nSPS) is 11.3. The monoisotopic (exact) mass is 540 g/mol. The maximum atomic E-state index is 13.6. The second-order valence-electron chi connectivity index (χ2n) is 11.0. The molecule has 1 N–H and O–H groups in total. The first-order chi connectivity index (χ1) is 19.2. The zero-order valence-corrected chi connectivity index (χ0v) is 23.7. The van der Waals surface area contributed by atoms with Crippen molar-refractivity contribution in [2.24, 2.45) is 0 Å². The smallest absolute Gasteiger partial charge is 0.254 e. The summed E-state index contributed by atoms with van der Waals surface area (Å²) in [6, 6.07) is 24.9. The molecule has 0 saturated heterocycles. The SMILES string of the molecule is CCCCCN(CC(=O)Nc1cc(-c2ccccc2)nn1-c1ccc(F)cc1)C(=O)c1ccc(C(C)(C)C)cc1. The van der Waals surface area contributed by atoms with Crippen LogP contribution in [0.5, 0.6) is 0 Å². The van der Waals surface area contributed by atoms with Crippen LogP contribution in [0.4, 0.5) is 10.2 Å². The summed E-state index contributed by atoms with van der Waals surface area (Å²) >= 11 is 0. The standard InChI is InChI=1S/C33H37FN4O2/c1-5-6-10-21-37(32(40)25-13-15-26(16-14-25)33(2,3)4)23-31(39)35-30-22-29(24-11-8-7-9-12-24)36-38(30)28-19-17-27(34)18-20-28/h7-9,11-20,22H,5-6,10,21,23H2,1-4H3,(H,35,39). The molecule has 7 heteroatoms. The highest BCUT2D eigenvalue weighted by Crippen LogP contribution is 2.26. The van der Waals surface area contributed by atoms with Crippen LogP contribution in [0, 0.1) is 5.82 Å². The van der Waals surface area contributed by atoms with Gasteiger partial charge in [-0.2, -0.15) is 5.10 Å². The number of carbonyl (C=O) groups excluding carboxylic acids is 2. The van der Waals surface area contributed by atoms with Crippen molar-refractivity contribution in [3.63, 3.8) is 0 Å². The summed E-state index contributed by atoms with van der Waals surface area (Å²) in [4.78, 5) is 28.4. The van der Waals surface area contributed by atoms with E-state index in [-0.39, 0.29) is 29.6 Å². The molecule has 0 aliphatic rings. The average molecular weight is 541 g/mol. The zero-order valence-electron chi connectivity index (χ0n) is 23.7. The number of hydrogen-bond acceptors (Lipinski definition) is 3. The van der Waals surface area contributed by atoms with Gasteiger partial charge in [0.25, 0.3) is 5.91 Å². The maximum Gasteiger partial charge on any atom is 0.254 e. The third kappa shape index (κ3) is 7.23. The highest BCUT2D eigenvalue weighted by molar-refractivity contribution is 5.99. The van der Waals surface area contributed by atoms with Gasteiger partial charge in [-0.1, -0.05) is 83.0 Å². The van der Waals surface area contributed by atoms with Crippen LogP contribution in [0.3, 0.4) is 0 Å². The first kappa shape index (κ1) is 28.7. The number of anilines is 1. The number of unbranched alkanes of at least 4 members (excludes halogenated alkanes) is 2. The number of aromatic nitrogens is 2. The van der Waals surface area contributed by atoms with Gasteiger partial charge >= 0.3 is 0 Å². The molecule has 0 fully saturated rings. The highest BCUT2D eigenvalue weighted by atomic mass is 19.1. The quantitative estimate of drug-likeness (QED) is 0.216. The Bertz CT molecular complexity index is 1420. The molecule has 0 aliphatic heterocycles. The van der Waals surface area contributed by atoms with E-state index in [1.165, 1.54) is 12.1 Å². The second kappa shape index (κ2) is 12.7. The summed E-state index contributed by atoms with van der Waals surface area (Å²) < 4.78 is 15.2. The lowest BCUT2D eigenvalue weighted by molar-refractivity contribution is -0.117. The van der Waals surface area contributed by atoms with Crippen molar-refractivity contribution < 1.29 is 14.0 Å². The number of rotatable bonds is 10. The molecule has 1 aromatic heterocycles. The minimum Gasteiger partial charge on any atom is -0.329 e. The van der Waals surface area contributed by atoms with Gasteiger partial charge in [0.1, 0.15) is 18.2 Å². The molecule has 0 radical (unpaired) electrons. The fraction of sp³-hybridized carbons (Fsp3) is 0.303. The Labute approximate surface area is 235 Å². The molecule has 4 aromatic rings. The van der Waals surface area contributed by atoms with Gasteiger partial charge in [0.05, 0.1) is 11.4 Å². The van der Waals surface area contributed by atoms with E-state index in [1.807, 2.05) is 54.6 Å². The number of carbonyl (C=O) groups is 2. The Hall–Kier alpha value is -4.26. The van der Waals surface area contributed by atoms with Crippen LogP contribution >= 0.6 is 0 Å². The van der Waals surface area contributed by atoms with Crippen LogP contribution in [-0.4, -0.2) is 39.6 Å². The topological polar surface area (TPSA) is 67.2 Å². The molecule has 0 unspecified atom stereocenters. The summed E-state index contributed by atoms with van der Waals surface area (Å²) in [5, 5.41) is 7.63. The second-order valence-corrected chi connectivity index (χ2v) is 11.0. The van der Waals surface area contributed by atoms with Crippen LogP contribution in [0.15, 0.2) is 84.9 Å². The van der Waals surface area contributed by atoms with E-state index < -0.39 is 0 Å². The van der Waals surface area contributed by atoms with E-state index in [0.717, 1.165) is 30.4 Å². The summed E-state index contributed by atoms with van der Waals surface area (Å²) in [5.41, 5.74) is 3.83. The van der Waals surface area contributed by atoms with Crippen LogP contribution in [0.1, 0.15) is 62.9 Å². The van der Waals surface area contributed by atoms with E-state index in [2.05, 4.69) is 38.1 Å². The van der Waals surface area contributed by atoms with Crippen molar-refractivity contribution >= 4 is 17.6 Å². The van der Waals surface area contributed by atoms with Gasteiger partial charge in [0, 0.05) is 23.7 Å². The first-order valence-electron chi connectivity index (χ1n) is 13.8. The lowest BCUT2D eigenvalue weighted by Crippen LogP contribution is -2.39. The van der Waals surface area contributed by atoms with Gasteiger partial charge in [0.15, 0.2) is 0 Å². The zero-order chi connectivity index (χ0) is 28.7. The summed E-state index contributed by atoms with van der Waals surface area (Å²) in [6.45, 7) is 8.87. The van der Waals surface area contributed by atoms with Gasteiger partial charge < -0.3 is 10.2 Å². The molecule has 0 spiro atoms. The predicted molar refractivity (Wildman–Crippen MR) is 158 cm³/mol. The van der Waals surface area contributed by atoms with Crippen LogP contribution in [0.2, 0.25) is 0 Å². The molecule has 0 aliphatic carbocycles. The van der Waals surface area contributed by atoms with Gasteiger partial charge in [-0.05, 0) is 53.8 Å². The lowest BCUT2D eigenvalue weighted by Gasteiger charge is -2.23. The third-order valence-corrected chi connectivity index (χ3v) is 6.77. The largest absolute Gasteiger partial charge is 0.329 e. The Kier molecular flexibility index (Phi) is 9.15. The molecule has 208 valence electrons. The molecule has 2 amide bonds. The van der Waals surface area contributed by atoms with Gasteiger partial charge in [0.2, 0.25) is 5.91 Å². The van der Waals surface area contributed by atoms with Gasteiger partial charge in [-0.25, -0.2) is 9.07 Å². The Balaban J connectivity index is 1.58. The van der Waals surface area contributed by atoms with E-state index >= 15 is 0 Å². The fourth-order valence-electron chi connectivity index (χ4n) is 4.46. The van der Waals surface area contributed by atoms with Crippen LogP contribution in [-0.2, 0) is 10.2 Å². The van der Waals surface area contributed by atoms with Crippen molar-refractivity contribution in [3.8, 4) is 16.9 Å². The highest BCUT2D eigenvalue weighted by Gasteiger charge is 2.22. The Morgan fingerprint density at radius 1 is 0.925 bits per heavy atom. The molecule has 6 nitrogen and oxygen atoms in total. The number of nitrogens with zero attached hydrogens (tertiary/aromatic N) is 3. The maximum absolute atomic E-state index is 13.6. The molecule has 1 heterocycles. The van der Waals surface area contributed by atoms with E-state index in [4.69, 9.17) is 0 Å². The van der Waals surface area contributed by atoms with Gasteiger partial charge in [-0.15, -0.1) is 0 Å². The minimum absolute atomic E-state index is 0.0195. The fourth-order valence-corrected chi connectivity index (χ4v) is 4.46. The molecular formula is C33H37FN4O2. The Morgan fingerprint density at radius 3 is 2.23 bits per heavy atom. The van der Waals surface area contributed by atoms with Crippen molar-refractivity contribution in [2.45, 2.75) is 52.4 Å². The van der Waals surface area contributed by atoms with E-state index in [9.17, 15) is 14.0 Å². The summed E-state index contributed by atoms with van der Waals surface area (Å²) in [7, 11) is 0. The third-order valence-electron chi connectivity index (χ3n) is 6.77. The molecule has 0 bridgehead atoms. The Morgan fingerprint density at radius 2 is 1.60 bits per heavy atom. The van der Waals surface area contributed by atoms with Crippen molar-refractivity contribution in [2.75, 3.05) is 18.4 Å². The van der Waals surface area contributed by atoms with E-state index in [1.54, 1.807) is 27.8 Å². The molecule has 40 heavy (non-hydrogen) atoms. The molecule has 0 saturated carbocycles. The number of amides is 2.